The van der Waals surface area contributed by atoms with Crippen molar-refractivity contribution in [2.45, 2.75) is 0 Å². The third-order valence-electron chi connectivity index (χ3n) is 1.16. The highest BCUT2D eigenvalue weighted by Gasteiger charge is 2.11. The van der Waals surface area contributed by atoms with E-state index in [4.69, 9.17) is 0 Å². The lowest BCUT2D eigenvalue weighted by molar-refractivity contribution is -0.135. The monoisotopic (exact) mass is 152 g/mol. The summed E-state index contributed by atoms with van der Waals surface area (Å²) in [6, 6.07) is 0. The van der Waals surface area contributed by atoms with E-state index in [9.17, 15) is 9.59 Å². The number of nitrogens with zero attached hydrogens (tertiary/aromatic N) is 1. The Morgan fingerprint density at radius 3 is 2.73 bits per heavy atom. The van der Waals surface area contributed by atoms with Crippen LogP contribution in [0.3, 0.4) is 0 Å². The molecule has 0 fully saturated rings. The summed E-state index contributed by atoms with van der Waals surface area (Å²) in [5.41, 5.74) is 0.284. The van der Waals surface area contributed by atoms with Crippen LogP contribution in [0.2, 0.25) is 0 Å². The van der Waals surface area contributed by atoms with Gasteiger partial charge in [0.15, 0.2) is 0 Å². The van der Waals surface area contributed by atoms with E-state index in [0.717, 1.165) is 0 Å². The van der Waals surface area contributed by atoms with Crippen LogP contribution in [0.1, 0.15) is 0 Å². The summed E-state index contributed by atoms with van der Waals surface area (Å²) >= 11 is 0. The van der Waals surface area contributed by atoms with Gasteiger partial charge in [-0.05, 0) is 6.08 Å². The zero-order valence-corrected chi connectivity index (χ0v) is 5.90. The lowest BCUT2D eigenvalue weighted by atomic mass is 10.2. The Labute approximate surface area is 63.5 Å². The van der Waals surface area contributed by atoms with Crippen LogP contribution in [0.4, 0.5) is 0 Å². The molecule has 0 spiro atoms. The third kappa shape index (κ3) is 1.67. The van der Waals surface area contributed by atoms with Gasteiger partial charge in [0.05, 0.1) is 12.7 Å². The zero-order valence-electron chi connectivity index (χ0n) is 5.90. The van der Waals surface area contributed by atoms with Gasteiger partial charge in [0.1, 0.15) is 0 Å². The second-order valence-corrected chi connectivity index (χ2v) is 1.88. The normalized spacial score (nSPS) is 15.4. The van der Waals surface area contributed by atoms with Crippen LogP contribution < -0.4 is 5.32 Å². The topological polar surface area (TPSA) is 57.5 Å². The molecule has 1 amide bonds. The first kappa shape index (κ1) is 7.53. The molecule has 0 aromatic heterocycles. The molecular weight excluding hydrogens is 146 g/mol. The van der Waals surface area contributed by atoms with Crippen molar-refractivity contribution in [2.24, 2.45) is 0 Å². The van der Waals surface area contributed by atoms with Gasteiger partial charge >= 0.3 is 5.97 Å². The largest absolute Gasteiger partial charge is 0.465 e. The Bertz CT molecular complexity index is 252. The number of hydrogen-bond donors (Lipinski definition) is 0. The molecular formula is C7H6NO3. The minimum Gasteiger partial charge on any atom is -0.465 e. The fraction of sp³-hybridized carbons (Fsp3) is 0.143. The first-order valence-corrected chi connectivity index (χ1v) is 2.95. The predicted molar refractivity (Wildman–Crippen MR) is 36.4 cm³/mol. The van der Waals surface area contributed by atoms with Crippen LogP contribution in [0, 0.1) is 0 Å². The molecule has 1 aliphatic rings. The van der Waals surface area contributed by atoms with Crippen molar-refractivity contribution >= 4 is 11.9 Å². The summed E-state index contributed by atoms with van der Waals surface area (Å²) in [5, 5.41) is 3.39. The molecule has 11 heavy (non-hydrogen) atoms. The summed E-state index contributed by atoms with van der Waals surface area (Å²) in [4.78, 5) is 21.2. The Morgan fingerprint density at radius 2 is 2.27 bits per heavy atom. The Kier molecular flexibility index (Phi) is 2.06. The number of ether oxygens (including phenoxy) is 1. The maximum Gasteiger partial charge on any atom is 0.339 e. The molecule has 0 aromatic carbocycles. The molecule has 0 saturated carbocycles. The average Bonchev–Trinajstić information content (AvgIpc) is 2.05. The van der Waals surface area contributed by atoms with Crippen LogP contribution in [0.15, 0.2) is 23.9 Å². The van der Waals surface area contributed by atoms with Crippen LogP contribution in [0.5, 0.6) is 0 Å². The van der Waals surface area contributed by atoms with Gasteiger partial charge in [0, 0.05) is 12.3 Å². The van der Waals surface area contributed by atoms with E-state index in [-0.39, 0.29) is 11.5 Å². The highest BCUT2D eigenvalue weighted by molar-refractivity contribution is 5.98. The van der Waals surface area contributed by atoms with Gasteiger partial charge in [0.25, 0.3) is 5.91 Å². The number of esters is 1. The molecule has 4 nitrogen and oxygen atoms in total. The molecule has 1 radical (unpaired) electrons. The highest BCUT2D eigenvalue weighted by Crippen LogP contribution is 2.02. The Hall–Kier alpha value is -1.58. The first-order chi connectivity index (χ1) is 5.24. The fourth-order valence-corrected chi connectivity index (χ4v) is 0.619. The second kappa shape index (κ2) is 3.01. The summed E-state index contributed by atoms with van der Waals surface area (Å²) in [6.45, 7) is 0. The van der Waals surface area contributed by atoms with E-state index in [0.29, 0.717) is 0 Å². The van der Waals surface area contributed by atoms with Gasteiger partial charge < -0.3 is 4.74 Å². The van der Waals surface area contributed by atoms with Crippen molar-refractivity contribution in [1.29, 1.82) is 0 Å². The van der Waals surface area contributed by atoms with Crippen LogP contribution in [-0.4, -0.2) is 19.0 Å². The lowest BCUT2D eigenvalue weighted by Crippen LogP contribution is -2.14. The van der Waals surface area contributed by atoms with Gasteiger partial charge in [0.2, 0.25) is 0 Å². The molecule has 0 aliphatic carbocycles. The van der Waals surface area contributed by atoms with Crippen LogP contribution in [0.25, 0.3) is 0 Å². The van der Waals surface area contributed by atoms with E-state index < -0.39 is 5.97 Å². The molecule has 4 heteroatoms. The molecule has 1 aliphatic heterocycles. The van der Waals surface area contributed by atoms with E-state index >= 15 is 0 Å². The number of methoxy groups -OCH3 is 1. The lowest BCUT2D eigenvalue weighted by Gasteiger charge is -2.02. The Morgan fingerprint density at radius 1 is 1.55 bits per heavy atom. The summed E-state index contributed by atoms with van der Waals surface area (Å²) < 4.78 is 4.40. The first-order valence-electron chi connectivity index (χ1n) is 2.95. The number of rotatable bonds is 1. The summed E-state index contributed by atoms with van der Waals surface area (Å²) in [5.74, 6) is -0.852. The average molecular weight is 152 g/mol. The molecule has 0 aromatic rings. The van der Waals surface area contributed by atoms with E-state index in [1.807, 2.05) is 0 Å². The summed E-state index contributed by atoms with van der Waals surface area (Å²) in [7, 11) is 1.27. The summed E-state index contributed by atoms with van der Waals surface area (Å²) in [6.07, 6.45) is 3.78. The SMILES string of the molecule is COC(=O)C1=C[N]C(=O)C=C1. The van der Waals surface area contributed by atoms with E-state index in [1.54, 1.807) is 0 Å². The molecule has 1 rings (SSSR count). The highest BCUT2D eigenvalue weighted by atomic mass is 16.5. The molecule has 0 N–H and O–H groups in total. The van der Waals surface area contributed by atoms with Crippen molar-refractivity contribution in [1.82, 2.24) is 5.32 Å². The van der Waals surface area contributed by atoms with Crippen LogP contribution >= 0.6 is 0 Å². The van der Waals surface area contributed by atoms with Crippen LogP contribution in [-0.2, 0) is 14.3 Å². The van der Waals surface area contributed by atoms with Crippen molar-refractivity contribution < 1.29 is 14.3 Å². The smallest absolute Gasteiger partial charge is 0.339 e. The standard InChI is InChI=1S/C7H6NO3/c1-11-7(10)5-2-3-6(9)8-4-5/h2-4H,1H3. The van der Waals surface area contributed by atoms with E-state index in [2.05, 4.69) is 10.1 Å². The van der Waals surface area contributed by atoms with Gasteiger partial charge in [-0.15, -0.1) is 0 Å². The van der Waals surface area contributed by atoms with Gasteiger partial charge in [-0.25, -0.2) is 10.1 Å². The number of carbonyl (C=O) groups excluding carboxylic acids is 2. The Balaban J connectivity index is 2.70. The van der Waals surface area contributed by atoms with Gasteiger partial charge in [-0.3, -0.25) is 4.79 Å². The fourth-order valence-electron chi connectivity index (χ4n) is 0.619. The maximum absolute atomic E-state index is 10.8. The van der Waals surface area contributed by atoms with Crippen molar-refractivity contribution in [3.63, 3.8) is 0 Å². The second-order valence-electron chi connectivity index (χ2n) is 1.88. The van der Waals surface area contributed by atoms with Gasteiger partial charge in [-0.1, -0.05) is 0 Å². The molecule has 57 valence electrons. The van der Waals surface area contributed by atoms with Crippen molar-refractivity contribution in [3.8, 4) is 0 Å². The molecule has 0 unspecified atom stereocenters. The van der Waals surface area contributed by atoms with E-state index in [1.165, 1.54) is 25.5 Å². The number of amides is 1. The van der Waals surface area contributed by atoms with Crippen molar-refractivity contribution in [2.75, 3.05) is 7.11 Å². The zero-order chi connectivity index (χ0) is 8.27. The molecule has 0 bridgehead atoms. The molecule has 1 heterocycles. The van der Waals surface area contributed by atoms with Crippen molar-refractivity contribution in [3.05, 3.63) is 23.9 Å². The minimum absolute atomic E-state index is 0.284. The minimum atomic E-state index is -0.488. The number of hydrogen-bond acceptors (Lipinski definition) is 3. The third-order valence-corrected chi connectivity index (χ3v) is 1.16. The number of carbonyl (C=O) groups is 2. The molecule has 0 saturated heterocycles. The predicted octanol–water partition coefficient (Wildman–Crippen LogP) is -0.256. The molecule has 0 atom stereocenters. The maximum atomic E-state index is 10.8. The van der Waals surface area contributed by atoms with Gasteiger partial charge in [-0.2, -0.15) is 0 Å². The quantitative estimate of drug-likeness (QED) is 0.486.